The van der Waals surface area contributed by atoms with Crippen molar-refractivity contribution in [3.8, 4) is 6.01 Å². The van der Waals surface area contributed by atoms with Gasteiger partial charge in [-0.3, -0.25) is 4.90 Å². The van der Waals surface area contributed by atoms with E-state index in [1.807, 2.05) is 13.0 Å². The second-order valence-electron chi connectivity index (χ2n) is 12.7. The number of piperidine rings is 1. The van der Waals surface area contributed by atoms with E-state index in [-0.39, 0.29) is 5.54 Å². The van der Waals surface area contributed by atoms with Crippen molar-refractivity contribution in [1.82, 2.24) is 19.9 Å². The number of aliphatic hydroxyl groups is 1. The number of nitrogens with two attached hydrogens (primary N) is 1. The summed E-state index contributed by atoms with van der Waals surface area (Å²) < 4.78 is 27.4. The van der Waals surface area contributed by atoms with E-state index in [4.69, 9.17) is 30.2 Å². The number of pyridine rings is 1. The van der Waals surface area contributed by atoms with Gasteiger partial charge in [0.2, 0.25) is 0 Å². The van der Waals surface area contributed by atoms with Crippen LogP contribution in [0.3, 0.4) is 0 Å². The number of fused-ring (bicyclic) bond motifs is 4. The topological polar surface area (TPSA) is 110 Å². The maximum Gasteiger partial charge on any atom is 0.318 e. The Morgan fingerprint density at radius 2 is 2.03 bits per heavy atom. The number of rotatable bonds is 4. The highest BCUT2D eigenvalue weighted by Gasteiger charge is 2.50. The molecule has 1 unspecified atom stereocenters. The van der Waals surface area contributed by atoms with E-state index in [0.29, 0.717) is 51.0 Å². The molecule has 3 fully saturated rings. The predicted octanol–water partition coefficient (Wildman–Crippen LogP) is 3.06. The number of nitrogen functional groups attached to an aromatic ring is 1. The number of hydrogen-bond acceptors (Lipinski definition) is 9. The molecule has 3 saturated heterocycles. The predicted molar refractivity (Wildman–Crippen MR) is 144 cm³/mol. The molecule has 210 valence electrons. The minimum absolute atomic E-state index is 0.276. The van der Waals surface area contributed by atoms with Crippen LogP contribution in [0.1, 0.15) is 74.4 Å². The number of anilines is 2. The molecule has 2 aromatic rings. The Labute approximate surface area is 228 Å². The second kappa shape index (κ2) is 9.24. The van der Waals surface area contributed by atoms with Gasteiger partial charge in [-0.2, -0.15) is 9.97 Å². The number of hydrogen-bond donors (Lipinski definition) is 2. The smallest absolute Gasteiger partial charge is 0.318 e. The number of alkyl halides is 1. The van der Waals surface area contributed by atoms with Crippen molar-refractivity contribution in [2.24, 2.45) is 0 Å². The maximum absolute atomic E-state index is 14.4. The van der Waals surface area contributed by atoms with Crippen LogP contribution in [-0.4, -0.2) is 75.1 Å². The van der Waals surface area contributed by atoms with E-state index in [2.05, 4.69) is 15.9 Å². The largest absolute Gasteiger partial charge is 0.461 e. The van der Waals surface area contributed by atoms with Crippen LogP contribution in [0.15, 0.2) is 12.1 Å². The summed E-state index contributed by atoms with van der Waals surface area (Å²) in [6, 6.07) is 4.26. The summed E-state index contributed by atoms with van der Waals surface area (Å²) in [5, 5.41) is 10.9. The van der Waals surface area contributed by atoms with E-state index >= 15 is 0 Å². The van der Waals surface area contributed by atoms with E-state index in [1.165, 1.54) is 5.56 Å². The fourth-order valence-electron chi connectivity index (χ4n) is 7.79. The molecule has 1 aliphatic carbocycles. The monoisotopic (exact) mass is 538 g/mol. The van der Waals surface area contributed by atoms with Crippen molar-refractivity contribution in [3.05, 3.63) is 34.6 Å². The fraction of sp³-hybridized carbons (Fsp3) is 0.690. The first-order valence-electron chi connectivity index (χ1n) is 14.5. The molecule has 9 nitrogen and oxygen atoms in total. The maximum atomic E-state index is 14.4. The lowest BCUT2D eigenvalue weighted by molar-refractivity contribution is -0.0886. The lowest BCUT2D eigenvalue weighted by Crippen LogP contribution is -2.48. The molecule has 5 aliphatic rings. The van der Waals surface area contributed by atoms with Crippen LogP contribution in [0.4, 0.5) is 16.0 Å². The normalized spacial score (nSPS) is 34.1. The highest BCUT2D eigenvalue weighted by atomic mass is 19.1. The molecule has 0 amide bonds. The molecule has 0 saturated carbocycles. The van der Waals surface area contributed by atoms with Gasteiger partial charge in [0.15, 0.2) is 0 Å². The van der Waals surface area contributed by atoms with Crippen molar-refractivity contribution in [1.29, 1.82) is 0 Å². The van der Waals surface area contributed by atoms with Crippen molar-refractivity contribution in [3.63, 3.8) is 0 Å². The molecule has 6 heterocycles. The minimum atomic E-state index is -0.812. The van der Waals surface area contributed by atoms with Gasteiger partial charge in [-0.25, -0.2) is 9.37 Å². The van der Waals surface area contributed by atoms with Crippen molar-refractivity contribution >= 4 is 11.6 Å². The second-order valence-corrected chi connectivity index (χ2v) is 12.7. The summed E-state index contributed by atoms with van der Waals surface area (Å²) in [5.74, 6) is 1.27. The van der Waals surface area contributed by atoms with Gasteiger partial charge < -0.3 is 25.2 Å². The molecule has 3 N–H and O–H groups in total. The molecule has 4 atom stereocenters. The summed E-state index contributed by atoms with van der Waals surface area (Å²) in [7, 11) is 0. The van der Waals surface area contributed by atoms with E-state index in [0.717, 1.165) is 80.8 Å². The summed E-state index contributed by atoms with van der Waals surface area (Å²) in [4.78, 5) is 19.0. The number of nitrogens with zero attached hydrogens (tertiary/aromatic N) is 5. The molecule has 0 aromatic carbocycles. The highest BCUT2D eigenvalue weighted by molar-refractivity contribution is 5.52. The van der Waals surface area contributed by atoms with Crippen LogP contribution < -0.4 is 15.4 Å². The van der Waals surface area contributed by atoms with Crippen molar-refractivity contribution < 1.29 is 19.0 Å². The number of ether oxygens (including phenoxy) is 2. The number of aromatic nitrogens is 3. The van der Waals surface area contributed by atoms with Gasteiger partial charge in [0.1, 0.15) is 30.0 Å². The van der Waals surface area contributed by atoms with Gasteiger partial charge in [-0.05, 0) is 70.0 Å². The Balaban J connectivity index is 1.25. The fourth-order valence-corrected chi connectivity index (χ4v) is 7.79. The molecule has 10 heteroatoms. The van der Waals surface area contributed by atoms with Gasteiger partial charge in [0.25, 0.3) is 0 Å². The zero-order valence-electron chi connectivity index (χ0n) is 22.8. The van der Waals surface area contributed by atoms with Crippen LogP contribution in [0.5, 0.6) is 6.01 Å². The van der Waals surface area contributed by atoms with Crippen LogP contribution in [-0.2, 0) is 29.8 Å². The van der Waals surface area contributed by atoms with E-state index in [9.17, 15) is 9.50 Å². The van der Waals surface area contributed by atoms with Crippen LogP contribution in [0, 0.1) is 0 Å². The first-order chi connectivity index (χ1) is 18.7. The highest BCUT2D eigenvalue weighted by Crippen LogP contribution is 2.46. The molecule has 4 aliphatic heterocycles. The Kier molecular flexibility index (Phi) is 6.02. The summed E-state index contributed by atoms with van der Waals surface area (Å²) >= 11 is 0. The Morgan fingerprint density at radius 1 is 1.15 bits per heavy atom. The van der Waals surface area contributed by atoms with E-state index in [1.54, 1.807) is 0 Å². The standard InChI is InChI=1S/C29H39FN6O3/c1-27(37)8-3-11-35(17-27)25-21-16-39-29(10-2-5-19-6-7-23(31)33-24(19)29)14-22(21)32-26(34-25)38-18-28-9-4-12-36(28)15-20(30)13-28/h6-7,20,37H,2-5,8-18H2,1H3,(H2,31,33)/t20-,27-,28+,29?/m1/s1. The first-order valence-corrected chi connectivity index (χ1v) is 14.5. The summed E-state index contributed by atoms with van der Waals surface area (Å²) in [6.07, 6.45) is 6.69. The van der Waals surface area contributed by atoms with Crippen molar-refractivity contribution in [2.45, 2.75) is 94.2 Å². The van der Waals surface area contributed by atoms with E-state index < -0.39 is 17.4 Å². The molecule has 7 rings (SSSR count). The van der Waals surface area contributed by atoms with Gasteiger partial charge >= 0.3 is 6.01 Å². The summed E-state index contributed by atoms with van der Waals surface area (Å²) in [6.45, 7) is 5.31. The molecule has 0 bridgehead atoms. The average molecular weight is 539 g/mol. The van der Waals surface area contributed by atoms with Crippen LogP contribution in [0.2, 0.25) is 0 Å². The molecular weight excluding hydrogens is 499 g/mol. The lowest BCUT2D eigenvalue weighted by Gasteiger charge is -2.43. The zero-order chi connectivity index (χ0) is 26.8. The third-order valence-corrected chi connectivity index (χ3v) is 9.66. The molecule has 39 heavy (non-hydrogen) atoms. The number of aryl methyl sites for hydroxylation is 1. The third-order valence-electron chi connectivity index (χ3n) is 9.66. The molecular formula is C29H39FN6O3. The third kappa shape index (κ3) is 4.44. The minimum Gasteiger partial charge on any atom is -0.461 e. The quantitative estimate of drug-likeness (QED) is 0.607. The Bertz CT molecular complexity index is 1280. The molecule has 2 aromatic heterocycles. The molecule has 1 spiro atoms. The number of β-amino-alcohol motifs (C(OH)–C–C–N with tert-alkyl or cyclic N) is 1. The Morgan fingerprint density at radius 3 is 2.90 bits per heavy atom. The van der Waals surface area contributed by atoms with Crippen molar-refractivity contribution in [2.75, 3.05) is 43.4 Å². The summed E-state index contributed by atoms with van der Waals surface area (Å²) in [5.41, 5.74) is 8.42. The van der Waals surface area contributed by atoms with Gasteiger partial charge in [0, 0.05) is 38.0 Å². The average Bonchev–Trinajstić information content (AvgIpc) is 3.42. The lowest BCUT2D eigenvalue weighted by atomic mass is 9.77. The van der Waals surface area contributed by atoms with Crippen LogP contribution >= 0.6 is 0 Å². The first kappa shape index (κ1) is 25.4. The van der Waals surface area contributed by atoms with Gasteiger partial charge in [-0.15, -0.1) is 0 Å². The van der Waals surface area contributed by atoms with Gasteiger partial charge in [0.05, 0.1) is 29.1 Å². The SMILES string of the molecule is C[C@@]1(O)CCCN(c2nc(OC[C@@]34CCCN3C[C@H](F)C4)nc3c2COC2(CCCc4ccc(N)nc42)C3)C1. The van der Waals surface area contributed by atoms with Crippen LogP contribution in [0.25, 0.3) is 0 Å². The molecule has 0 radical (unpaired) electrons. The zero-order valence-corrected chi connectivity index (χ0v) is 22.8. The Hall–Kier alpha value is -2.56. The van der Waals surface area contributed by atoms with Gasteiger partial charge in [-0.1, -0.05) is 6.07 Å². The number of halogens is 1.